The largest absolute Gasteiger partial charge is 0.502 e. The van der Waals surface area contributed by atoms with Gasteiger partial charge in [0.15, 0.2) is 5.75 Å². The number of hydrogen-bond donors (Lipinski definition) is 2. The first-order chi connectivity index (χ1) is 13.7. The highest BCUT2D eigenvalue weighted by atomic mass is 32.2. The third kappa shape index (κ3) is 9.35. The summed E-state index contributed by atoms with van der Waals surface area (Å²) in [6, 6.07) is 11.6. The summed E-state index contributed by atoms with van der Waals surface area (Å²) in [5, 5.41) is 29.9. The summed E-state index contributed by atoms with van der Waals surface area (Å²) in [5.41, 5.74) is 4.36. The molecule has 0 amide bonds. The summed E-state index contributed by atoms with van der Waals surface area (Å²) in [7, 11) is 0. The van der Waals surface area contributed by atoms with Crippen LogP contribution in [0, 0.1) is 27.2 Å². The number of aryl methyl sites for hydroxylation is 1. The molecule has 0 heterocycles. The Bertz CT molecular complexity index is 836. The van der Waals surface area contributed by atoms with Gasteiger partial charge in [-0.2, -0.15) is 0 Å². The monoisotopic (exact) mass is 437 g/mol. The van der Waals surface area contributed by atoms with Gasteiger partial charge in [-0.1, -0.05) is 74.3 Å². The Morgan fingerprint density at radius 1 is 1.03 bits per heavy atom. The van der Waals surface area contributed by atoms with Crippen molar-refractivity contribution in [2.45, 2.75) is 43.9 Å². The highest BCUT2D eigenvalue weighted by Crippen LogP contribution is 2.33. The van der Waals surface area contributed by atoms with E-state index in [1.807, 2.05) is 30.3 Å². The summed E-state index contributed by atoms with van der Waals surface area (Å²) < 4.78 is 0.464. The minimum Gasteiger partial charge on any atom is -0.502 e. The third-order valence-corrected chi connectivity index (χ3v) is 4.84. The first-order valence-corrected chi connectivity index (χ1v) is 10.1. The van der Waals surface area contributed by atoms with Crippen LogP contribution >= 0.6 is 24.0 Å². The second-order valence-corrected chi connectivity index (χ2v) is 7.96. The van der Waals surface area contributed by atoms with Crippen LogP contribution in [0.3, 0.4) is 0 Å². The number of thiocarbonyl (C=S) groups is 1. The number of nitrogens with zero attached hydrogens (tertiary/aromatic N) is 2. The molecule has 3 rings (SSSR count). The van der Waals surface area contributed by atoms with Gasteiger partial charge in [0.1, 0.15) is 4.32 Å². The Balaban J connectivity index is 0.000000242. The predicted molar refractivity (Wildman–Crippen MR) is 118 cm³/mol. The van der Waals surface area contributed by atoms with Crippen molar-refractivity contribution < 1.29 is 15.0 Å². The first kappa shape index (κ1) is 24.3. The van der Waals surface area contributed by atoms with Gasteiger partial charge in [-0.25, -0.2) is 0 Å². The van der Waals surface area contributed by atoms with Gasteiger partial charge in [0, 0.05) is 16.5 Å². The van der Waals surface area contributed by atoms with E-state index in [2.05, 4.69) is 0 Å². The van der Waals surface area contributed by atoms with Gasteiger partial charge in [-0.05, 0) is 19.1 Å². The number of aromatic hydroxyl groups is 1. The molecule has 2 aromatic rings. The molecule has 0 saturated heterocycles. The molecule has 0 aliphatic heterocycles. The highest BCUT2D eigenvalue weighted by Gasteiger charge is 2.21. The Labute approximate surface area is 178 Å². The van der Waals surface area contributed by atoms with Gasteiger partial charge < -0.3 is 10.8 Å². The summed E-state index contributed by atoms with van der Waals surface area (Å²) in [4.78, 5) is 20.2. The lowest BCUT2D eigenvalue weighted by molar-refractivity contribution is -0.394. The predicted octanol–water partition coefficient (Wildman–Crippen LogP) is 5.49. The number of thioether (sulfide) groups is 1. The van der Waals surface area contributed by atoms with E-state index in [0.29, 0.717) is 4.32 Å². The van der Waals surface area contributed by atoms with Crippen molar-refractivity contribution in [3.63, 3.8) is 0 Å². The lowest BCUT2D eigenvalue weighted by Crippen LogP contribution is -2.00. The second-order valence-electron chi connectivity index (χ2n) is 6.15. The molecule has 8 nitrogen and oxygen atoms in total. The number of nitrogens with two attached hydrogens (primary N) is 1. The molecule has 10 heteroatoms. The van der Waals surface area contributed by atoms with Crippen LogP contribution in [-0.2, 0) is 0 Å². The summed E-state index contributed by atoms with van der Waals surface area (Å²) in [6.07, 6.45) is 7.50. The second kappa shape index (κ2) is 12.7. The van der Waals surface area contributed by atoms with Gasteiger partial charge in [0.25, 0.3) is 5.69 Å². The fourth-order valence-electron chi connectivity index (χ4n) is 2.48. The quantitative estimate of drug-likeness (QED) is 0.279. The lowest BCUT2D eigenvalue weighted by Gasteiger charge is -1.99. The van der Waals surface area contributed by atoms with Crippen LogP contribution < -0.4 is 5.73 Å². The van der Waals surface area contributed by atoms with Gasteiger partial charge >= 0.3 is 5.69 Å². The minimum absolute atomic E-state index is 0.103. The van der Waals surface area contributed by atoms with E-state index in [4.69, 9.17) is 18.0 Å². The lowest BCUT2D eigenvalue weighted by atomic mass is 10.1. The summed E-state index contributed by atoms with van der Waals surface area (Å²) in [5.74, 6) is -0.541. The molecule has 1 aliphatic carbocycles. The Kier molecular flexibility index (Phi) is 10.6. The average Bonchev–Trinajstić information content (AvgIpc) is 3.24. The number of non-ortho nitro benzene ring substituents is 1. The fraction of sp³-hybridized carbons (Fsp3) is 0.316. The zero-order valence-corrected chi connectivity index (χ0v) is 17.6. The zero-order valence-electron chi connectivity index (χ0n) is 15.9. The molecular weight excluding hydrogens is 414 g/mol. The molecule has 1 saturated carbocycles. The van der Waals surface area contributed by atoms with Crippen molar-refractivity contribution in [3.05, 3.63) is 68.3 Å². The van der Waals surface area contributed by atoms with Gasteiger partial charge in [-0.15, -0.1) is 0 Å². The van der Waals surface area contributed by atoms with E-state index < -0.39 is 27.0 Å². The zero-order chi connectivity index (χ0) is 21.8. The number of phenolic OH excluding ortho intramolecular Hbond substituents is 1. The molecule has 0 spiro atoms. The van der Waals surface area contributed by atoms with Gasteiger partial charge in [0.05, 0.1) is 15.9 Å². The molecule has 156 valence electrons. The van der Waals surface area contributed by atoms with E-state index >= 15 is 0 Å². The Morgan fingerprint density at radius 3 is 1.97 bits per heavy atom. The molecule has 1 fully saturated rings. The highest BCUT2D eigenvalue weighted by molar-refractivity contribution is 8.22. The number of rotatable bonds is 3. The van der Waals surface area contributed by atoms with Crippen LogP contribution in [0.4, 0.5) is 11.4 Å². The molecule has 0 unspecified atom stereocenters. The van der Waals surface area contributed by atoms with Crippen molar-refractivity contribution in [1.29, 1.82) is 0 Å². The maximum absolute atomic E-state index is 10.4. The normalized spacial score (nSPS) is 12.0. The molecule has 0 atom stereocenters. The van der Waals surface area contributed by atoms with Crippen LogP contribution in [-0.4, -0.2) is 19.3 Å². The molecule has 0 aromatic heterocycles. The molecule has 2 aromatic carbocycles. The number of hydrogen-bond acceptors (Lipinski definition) is 7. The van der Waals surface area contributed by atoms with Crippen LogP contribution in [0.2, 0.25) is 0 Å². The van der Waals surface area contributed by atoms with E-state index in [1.165, 1.54) is 50.8 Å². The topological polar surface area (TPSA) is 133 Å². The maximum atomic E-state index is 10.4. The van der Waals surface area contributed by atoms with E-state index in [0.717, 1.165) is 17.0 Å². The van der Waals surface area contributed by atoms with E-state index in [1.54, 1.807) is 0 Å². The third-order valence-electron chi connectivity index (χ3n) is 3.88. The molecular formula is C19H23N3O5S2. The van der Waals surface area contributed by atoms with Crippen molar-refractivity contribution >= 4 is 39.7 Å². The SMILES string of the molecule is C1CCCC1.Cc1cc([N+](=O)[O-])cc([N+](=O)[O-])c1O.NC(=S)Sc1ccccc1. The fourth-order valence-corrected chi connectivity index (χ4v) is 3.29. The Hall–Kier alpha value is -2.72. The molecule has 0 bridgehead atoms. The molecule has 29 heavy (non-hydrogen) atoms. The van der Waals surface area contributed by atoms with Gasteiger partial charge in [0.2, 0.25) is 0 Å². The smallest absolute Gasteiger partial charge is 0.317 e. The average molecular weight is 438 g/mol. The van der Waals surface area contributed by atoms with Crippen LogP contribution in [0.1, 0.15) is 37.7 Å². The standard InChI is InChI=1S/C7H6N2O5.C7H7NS2.C5H10/c1-4-2-5(8(11)12)3-6(7(4)10)9(13)14;8-7(9)10-6-4-2-1-3-5-6;1-2-4-5-3-1/h2-3,10H,1H3;1-5H,(H2,8,9);1-5H2. The maximum Gasteiger partial charge on any atom is 0.317 e. The van der Waals surface area contributed by atoms with Crippen molar-refractivity contribution in [3.8, 4) is 5.75 Å². The molecule has 1 aliphatic rings. The van der Waals surface area contributed by atoms with Gasteiger partial charge in [-0.3, -0.25) is 20.2 Å². The molecule has 3 N–H and O–H groups in total. The number of nitro benzene ring substituents is 2. The van der Waals surface area contributed by atoms with Crippen LogP contribution in [0.5, 0.6) is 5.75 Å². The minimum atomic E-state index is -0.866. The van der Waals surface area contributed by atoms with Crippen molar-refractivity contribution in [2.75, 3.05) is 0 Å². The van der Waals surface area contributed by atoms with Crippen LogP contribution in [0.15, 0.2) is 47.4 Å². The molecule has 0 radical (unpaired) electrons. The Morgan fingerprint density at radius 2 is 1.55 bits per heavy atom. The summed E-state index contributed by atoms with van der Waals surface area (Å²) >= 11 is 6.13. The van der Waals surface area contributed by atoms with Crippen molar-refractivity contribution in [1.82, 2.24) is 0 Å². The first-order valence-electron chi connectivity index (χ1n) is 8.87. The number of nitro groups is 2. The van der Waals surface area contributed by atoms with Crippen LogP contribution in [0.25, 0.3) is 0 Å². The summed E-state index contributed by atoms with van der Waals surface area (Å²) in [6.45, 7) is 1.36. The number of phenols is 1. The van der Waals surface area contributed by atoms with E-state index in [-0.39, 0.29) is 5.56 Å². The van der Waals surface area contributed by atoms with Crippen molar-refractivity contribution in [2.24, 2.45) is 5.73 Å². The van der Waals surface area contributed by atoms with E-state index in [9.17, 15) is 25.3 Å². The number of benzene rings is 2.